The van der Waals surface area contributed by atoms with Crippen molar-refractivity contribution in [2.45, 2.75) is 25.8 Å². The predicted octanol–water partition coefficient (Wildman–Crippen LogP) is 2.42. The summed E-state index contributed by atoms with van der Waals surface area (Å²) in [6, 6.07) is 7.43. The molecule has 1 saturated heterocycles. The maximum absolute atomic E-state index is 12.4. The van der Waals surface area contributed by atoms with E-state index >= 15 is 0 Å². The lowest BCUT2D eigenvalue weighted by Crippen LogP contribution is -2.30. The molecule has 0 unspecified atom stereocenters. The lowest BCUT2D eigenvalue weighted by Gasteiger charge is -2.23. The van der Waals surface area contributed by atoms with Crippen molar-refractivity contribution in [1.82, 2.24) is 20.3 Å². The van der Waals surface area contributed by atoms with Crippen molar-refractivity contribution in [1.29, 1.82) is 0 Å². The van der Waals surface area contributed by atoms with Crippen LogP contribution in [0, 0.1) is 6.92 Å². The second-order valence-corrected chi connectivity index (χ2v) is 5.79. The van der Waals surface area contributed by atoms with Crippen molar-refractivity contribution < 1.29 is 4.79 Å². The first kappa shape index (κ1) is 15.0. The zero-order valence-electron chi connectivity index (χ0n) is 12.3. The van der Waals surface area contributed by atoms with Gasteiger partial charge in [0.05, 0.1) is 22.4 Å². The molecule has 22 heavy (non-hydrogen) atoms. The van der Waals surface area contributed by atoms with Gasteiger partial charge < -0.3 is 10.6 Å². The van der Waals surface area contributed by atoms with Crippen molar-refractivity contribution in [3.05, 3.63) is 40.7 Å². The van der Waals surface area contributed by atoms with E-state index in [9.17, 15) is 4.79 Å². The van der Waals surface area contributed by atoms with E-state index in [-0.39, 0.29) is 5.91 Å². The fourth-order valence-corrected chi connectivity index (χ4v) is 2.88. The minimum atomic E-state index is -0.286. The van der Waals surface area contributed by atoms with Crippen LogP contribution in [-0.4, -0.2) is 34.0 Å². The molecule has 116 valence electrons. The van der Waals surface area contributed by atoms with Crippen LogP contribution in [0.4, 0.5) is 5.69 Å². The fourth-order valence-electron chi connectivity index (χ4n) is 2.69. The fraction of sp³-hybridized carbons (Fsp3) is 0.400. The molecule has 0 saturated carbocycles. The van der Waals surface area contributed by atoms with E-state index in [4.69, 9.17) is 11.6 Å². The van der Waals surface area contributed by atoms with Crippen LogP contribution in [0.1, 0.15) is 35.1 Å². The summed E-state index contributed by atoms with van der Waals surface area (Å²) in [6.45, 7) is 3.81. The molecular formula is C15H18ClN5O. The highest BCUT2D eigenvalue weighted by molar-refractivity contribution is 6.33. The molecule has 3 rings (SSSR count). The zero-order valence-corrected chi connectivity index (χ0v) is 13.1. The quantitative estimate of drug-likeness (QED) is 0.911. The molecule has 2 heterocycles. The van der Waals surface area contributed by atoms with Gasteiger partial charge in [-0.1, -0.05) is 28.9 Å². The van der Waals surface area contributed by atoms with E-state index in [1.807, 2.05) is 23.7 Å². The second-order valence-electron chi connectivity index (χ2n) is 5.38. The van der Waals surface area contributed by atoms with E-state index in [0.29, 0.717) is 22.4 Å². The number of aromatic nitrogens is 3. The van der Waals surface area contributed by atoms with Gasteiger partial charge in [0.2, 0.25) is 0 Å². The van der Waals surface area contributed by atoms with Crippen LogP contribution in [0.25, 0.3) is 0 Å². The largest absolute Gasteiger partial charge is 0.319 e. The Morgan fingerprint density at radius 2 is 2.09 bits per heavy atom. The average Bonchev–Trinajstić information content (AvgIpc) is 2.92. The Morgan fingerprint density at radius 1 is 1.36 bits per heavy atom. The van der Waals surface area contributed by atoms with E-state index in [0.717, 1.165) is 31.6 Å². The van der Waals surface area contributed by atoms with E-state index in [1.165, 1.54) is 0 Å². The Hall–Kier alpha value is -1.92. The van der Waals surface area contributed by atoms with E-state index in [2.05, 4.69) is 20.9 Å². The Morgan fingerprint density at radius 3 is 2.82 bits per heavy atom. The van der Waals surface area contributed by atoms with Crippen molar-refractivity contribution in [2.24, 2.45) is 0 Å². The number of hydrogen-bond acceptors (Lipinski definition) is 4. The molecule has 1 amide bonds. The van der Waals surface area contributed by atoms with Crippen LogP contribution in [0.5, 0.6) is 0 Å². The normalized spacial score (nSPS) is 15.7. The summed E-state index contributed by atoms with van der Waals surface area (Å²) < 4.78 is 1.86. The van der Waals surface area contributed by atoms with Crippen molar-refractivity contribution in [3.63, 3.8) is 0 Å². The van der Waals surface area contributed by atoms with Crippen LogP contribution in [0.2, 0.25) is 5.02 Å². The molecule has 0 radical (unpaired) electrons. The number of hydrogen-bond donors (Lipinski definition) is 2. The third-order valence-corrected chi connectivity index (χ3v) is 4.25. The number of piperidine rings is 1. The number of carbonyl (C=O) groups is 1. The van der Waals surface area contributed by atoms with Crippen molar-refractivity contribution in [3.8, 4) is 0 Å². The highest BCUT2D eigenvalue weighted by Crippen LogP contribution is 2.23. The number of halogens is 1. The molecule has 6 nitrogen and oxygen atoms in total. The number of nitrogens with zero attached hydrogens (tertiary/aromatic N) is 3. The topological polar surface area (TPSA) is 71.8 Å². The lowest BCUT2D eigenvalue weighted by atomic mass is 10.1. The Labute approximate surface area is 133 Å². The maximum atomic E-state index is 12.4. The maximum Gasteiger partial charge on any atom is 0.278 e. The van der Waals surface area contributed by atoms with Crippen molar-refractivity contribution >= 4 is 23.2 Å². The molecule has 1 aromatic heterocycles. The van der Waals surface area contributed by atoms with Gasteiger partial charge in [0.1, 0.15) is 0 Å². The number of carbonyl (C=O) groups excluding carboxylic acids is 1. The molecule has 1 aromatic carbocycles. The zero-order chi connectivity index (χ0) is 15.5. The summed E-state index contributed by atoms with van der Waals surface area (Å²) in [5, 5.41) is 14.8. The molecule has 0 aliphatic carbocycles. The highest BCUT2D eigenvalue weighted by Gasteiger charge is 2.23. The summed E-state index contributed by atoms with van der Waals surface area (Å²) in [6.07, 6.45) is 1.99. The van der Waals surface area contributed by atoms with Crippen LogP contribution >= 0.6 is 11.6 Å². The van der Waals surface area contributed by atoms with Gasteiger partial charge in [-0.15, -0.1) is 5.10 Å². The second kappa shape index (κ2) is 6.46. The van der Waals surface area contributed by atoms with Crippen LogP contribution in [-0.2, 0) is 0 Å². The Bertz CT molecular complexity index is 678. The molecule has 2 N–H and O–H groups in total. The minimum absolute atomic E-state index is 0.286. The number of anilines is 1. The van der Waals surface area contributed by atoms with Gasteiger partial charge in [0.25, 0.3) is 5.91 Å². The number of benzene rings is 1. The monoisotopic (exact) mass is 319 g/mol. The van der Waals surface area contributed by atoms with Gasteiger partial charge in [-0.2, -0.15) is 0 Å². The van der Waals surface area contributed by atoms with Gasteiger partial charge in [-0.05, 0) is 45.0 Å². The molecule has 2 aromatic rings. The van der Waals surface area contributed by atoms with Gasteiger partial charge in [-0.3, -0.25) is 4.79 Å². The minimum Gasteiger partial charge on any atom is -0.319 e. The smallest absolute Gasteiger partial charge is 0.278 e. The van der Waals surface area contributed by atoms with Crippen LogP contribution < -0.4 is 10.6 Å². The standard InChI is InChI=1S/C15H18ClN5O/c1-10-14(15(22)18-13-5-3-2-4-12(13)16)19-20-21(10)11-6-8-17-9-7-11/h2-5,11,17H,6-9H2,1H3,(H,18,22). The van der Waals surface area contributed by atoms with E-state index in [1.54, 1.807) is 12.1 Å². The number of para-hydroxylation sites is 1. The summed E-state index contributed by atoms with van der Waals surface area (Å²) >= 11 is 6.06. The molecule has 1 fully saturated rings. The van der Waals surface area contributed by atoms with Gasteiger partial charge in [0.15, 0.2) is 5.69 Å². The van der Waals surface area contributed by atoms with Crippen molar-refractivity contribution in [2.75, 3.05) is 18.4 Å². The summed E-state index contributed by atoms with van der Waals surface area (Å²) in [5.41, 5.74) is 1.71. The molecule has 0 atom stereocenters. The first-order valence-corrected chi connectivity index (χ1v) is 7.73. The third kappa shape index (κ3) is 2.98. The summed E-state index contributed by atoms with van der Waals surface area (Å²) in [7, 11) is 0. The van der Waals surface area contributed by atoms with Crippen LogP contribution in [0.3, 0.4) is 0 Å². The third-order valence-electron chi connectivity index (χ3n) is 3.92. The lowest BCUT2D eigenvalue weighted by molar-refractivity contribution is 0.102. The van der Waals surface area contributed by atoms with Gasteiger partial charge in [0, 0.05) is 0 Å². The number of nitrogens with one attached hydrogen (secondary N) is 2. The molecular weight excluding hydrogens is 302 g/mol. The average molecular weight is 320 g/mol. The van der Waals surface area contributed by atoms with Gasteiger partial charge in [-0.25, -0.2) is 4.68 Å². The SMILES string of the molecule is Cc1c(C(=O)Nc2ccccc2Cl)nnn1C1CCNCC1. The summed E-state index contributed by atoms with van der Waals surface area (Å²) in [5.74, 6) is -0.286. The van der Waals surface area contributed by atoms with Crippen LogP contribution in [0.15, 0.2) is 24.3 Å². The predicted molar refractivity (Wildman–Crippen MR) is 85.3 cm³/mol. The first-order valence-electron chi connectivity index (χ1n) is 7.35. The molecule has 1 aliphatic rings. The highest BCUT2D eigenvalue weighted by atomic mass is 35.5. The molecule has 1 aliphatic heterocycles. The summed E-state index contributed by atoms with van der Waals surface area (Å²) in [4.78, 5) is 12.4. The number of amides is 1. The number of rotatable bonds is 3. The van der Waals surface area contributed by atoms with E-state index < -0.39 is 0 Å². The van der Waals surface area contributed by atoms with Gasteiger partial charge >= 0.3 is 0 Å². The molecule has 0 bridgehead atoms. The molecule has 0 spiro atoms. The first-order chi connectivity index (χ1) is 10.7. The Kier molecular flexibility index (Phi) is 4.40. The molecule has 7 heteroatoms. The Balaban J connectivity index is 1.79.